The van der Waals surface area contributed by atoms with Crippen LogP contribution in [0.1, 0.15) is 29.0 Å². The molecule has 27 heavy (non-hydrogen) atoms. The normalized spacial score (nSPS) is 14.3. The molecule has 0 aliphatic carbocycles. The number of rotatable bonds is 5. The maximum Gasteiger partial charge on any atom is 0.276 e. The Labute approximate surface area is 159 Å². The lowest BCUT2D eigenvalue weighted by Crippen LogP contribution is -2.19. The molecule has 2 aromatic heterocycles. The number of carbonyl (C=O) groups excluding carboxylic acids is 1. The Morgan fingerprint density at radius 1 is 1.11 bits per heavy atom. The van der Waals surface area contributed by atoms with E-state index in [1.165, 1.54) is 18.5 Å². The Morgan fingerprint density at radius 2 is 1.85 bits per heavy atom. The van der Waals surface area contributed by atoms with Crippen LogP contribution in [0.5, 0.6) is 0 Å². The third-order valence-corrected chi connectivity index (χ3v) is 4.91. The molecule has 1 fully saturated rings. The first kappa shape index (κ1) is 17.5. The van der Waals surface area contributed by atoms with Gasteiger partial charge in [-0.25, -0.2) is 4.98 Å². The van der Waals surface area contributed by atoms with Crippen LogP contribution in [0.25, 0.3) is 5.65 Å². The van der Waals surface area contributed by atoms with Crippen molar-refractivity contribution in [3.05, 3.63) is 60.0 Å². The van der Waals surface area contributed by atoms with Crippen molar-refractivity contribution in [3.8, 4) is 0 Å². The highest BCUT2D eigenvalue weighted by Crippen LogP contribution is 2.23. The summed E-state index contributed by atoms with van der Waals surface area (Å²) in [4.78, 5) is 21.9. The molecule has 140 valence electrons. The number of hydrogen-bond acceptors (Lipinski definition) is 4. The average Bonchev–Trinajstić information content (AvgIpc) is 3.31. The van der Waals surface area contributed by atoms with Crippen LogP contribution in [0, 0.1) is 0 Å². The summed E-state index contributed by atoms with van der Waals surface area (Å²) in [5, 5.41) is 3.00. The fraction of sp³-hybridized carbons (Fsp3) is 0.333. The summed E-state index contributed by atoms with van der Waals surface area (Å²) in [7, 11) is 3.97. The minimum absolute atomic E-state index is 0.176. The molecule has 1 N–H and O–H groups in total. The number of benzene rings is 1. The van der Waals surface area contributed by atoms with Gasteiger partial charge in [0.2, 0.25) is 0 Å². The van der Waals surface area contributed by atoms with Gasteiger partial charge >= 0.3 is 0 Å². The summed E-state index contributed by atoms with van der Waals surface area (Å²) in [5.41, 5.74) is 4.14. The highest BCUT2D eigenvalue weighted by atomic mass is 16.1. The first-order valence-electron chi connectivity index (χ1n) is 9.39. The van der Waals surface area contributed by atoms with E-state index in [1.54, 1.807) is 0 Å². The molecule has 4 rings (SSSR count). The van der Waals surface area contributed by atoms with Crippen LogP contribution in [0.2, 0.25) is 0 Å². The van der Waals surface area contributed by atoms with Crippen LogP contribution in [0.15, 0.2) is 48.7 Å². The first-order valence-corrected chi connectivity index (χ1v) is 9.39. The Kier molecular flexibility index (Phi) is 4.81. The Bertz CT molecular complexity index is 939. The number of carbonyl (C=O) groups is 1. The number of hydrogen-bond donors (Lipinski definition) is 1. The number of nitrogens with zero attached hydrogens (tertiary/aromatic N) is 4. The fourth-order valence-corrected chi connectivity index (χ4v) is 3.60. The highest BCUT2D eigenvalue weighted by molar-refractivity contribution is 6.04. The molecule has 0 bridgehead atoms. The molecule has 0 unspecified atom stereocenters. The zero-order valence-electron chi connectivity index (χ0n) is 15.9. The zero-order chi connectivity index (χ0) is 18.8. The quantitative estimate of drug-likeness (QED) is 0.756. The third kappa shape index (κ3) is 3.66. The molecule has 0 radical (unpaired) electrons. The Morgan fingerprint density at radius 3 is 2.56 bits per heavy atom. The summed E-state index contributed by atoms with van der Waals surface area (Å²) in [6, 6.07) is 13.9. The van der Waals surface area contributed by atoms with Crippen molar-refractivity contribution in [3.63, 3.8) is 0 Å². The van der Waals surface area contributed by atoms with Crippen LogP contribution in [-0.2, 0) is 6.54 Å². The van der Waals surface area contributed by atoms with E-state index in [2.05, 4.69) is 27.3 Å². The first-order chi connectivity index (χ1) is 13.1. The summed E-state index contributed by atoms with van der Waals surface area (Å²) in [5.74, 6) is -0.176. The molecule has 6 heteroatoms. The van der Waals surface area contributed by atoms with Gasteiger partial charge in [-0.05, 0) is 63.3 Å². The second-order valence-corrected chi connectivity index (χ2v) is 7.27. The SMILES string of the molecule is CN(C)Cc1c(C(=O)Nc2ccc(N3CCCC3)cc2)nc2ccccn12. The number of imidazole rings is 1. The van der Waals surface area contributed by atoms with E-state index in [4.69, 9.17) is 0 Å². The Balaban J connectivity index is 1.57. The van der Waals surface area contributed by atoms with Gasteiger partial charge in [-0.1, -0.05) is 6.07 Å². The van der Waals surface area contributed by atoms with Crippen LogP contribution < -0.4 is 10.2 Å². The maximum atomic E-state index is 12.9. The van der Waals surface area contributed by atoms with Crippen molar-refractivity contribution in [2.24, 2.45) is 0 Å². The van der Waals surface area contributed by atoms with E-state index >= 15 is 0 Å². The van der Waals surface area contributed by atoms with Gasteiger partial charge in [-0.15, -0.1) is 0 Å². The number of anilines is 2. The minimum atomic E-state index is -0.176. The second-order valence-electron chi connectivity index (χ2n) is 7.27. The molecule has 0 atom stereocenters. The molecular formula is C21H25N5O. The van der Waals surface area contributed by atoms with Crippen LogP contribution in [0.4, 0.5) is 11.4 Å². The maximum absolute atomic E-state index is 12.9. The van der Waals surface area contributed by atoms with Crippen molar-refractivity contribution in [2.75, 3.05) is 37.4 Å². The summed E-state index contributed by atoms with van der Waals surface area (Å²) < 4.78 is 1.98. The molecule has 1 amide bonds. The molecule has 3 aromatic rings. The molecule has 0 spiro atoms. The zero-order valence-corrected chi connectivity index (χ0v) is 15.9. The van der Waals surface area contributed by atoms with Crippen molar-refractivity contribution in [1.82, 2.24) is 14.3 Å². The topological polar surface area (TPSA) is 52.9 Å². The largest absolute Gasteiger partial charge is 0.372 e. The van der Waals surface area contributed by atoms with Crippen LogP contribution in [-0.4, -0.2) is 47.4 Å². The van der Waals surface area contributed by atoms with Gasteiger partial charge in [0.25, 0.3) is 5.91 Å². The molecule has 1 saturated heterocycles. The average molecular weight is 363 g/mol. The lowest BCUT2D eigenvalue weighted by atomic mass is 10.2. The molecule has 6 nitrogen and oxygen atoms in total. The van der Waals surface area contributed by atoms with Crippen molar-refractivity contribution in [1.29, 1.82) is 0 Å². The highest BCUT2D eigenvalue weighted by Gasteiger charge is 2.19. The van der Waals surface area contributed by atoms with Gasteiger partial charge in [0.15, 0.2) is 5.69 Å². The number of nitrogens with one attached hydrogen (secondary N) is 1. The van der Waals surface area contributed by atoms with Crippen LogP contribution >= 0.6 is 0 Å². The van der Waals surface area contributed by atoms with E-state index in [0.29, 0.717) is 12.2 Å². The van der Waals surface area contributed by atoms with Gasteiger partial charge in [0, 0.05) is 37.2 Å². The predicted octanol–water partition coefficient (Wildman–Crippen LogP) is 3.25. The van der Waals surface area contributed by atoms with E-state index < -0.39 is 0 Å². The molecule has 1 aliphatic rings. The number of amides is 1. The monoisotopic (exact) mass is 363 g/mol. The van der Waals surface area contributed by atoms with E-state index in [0.717, 1.165) is 30.1 Å². The van der Waals surface area contributed by atoms with Crippen LogP contribution in [0.3, 0.4) is 0 Å². The lowest BCUT2D eigenvalue weighted by Gasteiger charge is -2.17. The van der Waals surface area contributed by atoms with E-state index in [1.807, 2.05) is 59.9 Å². The number of aromatic nitrogens is 2. The smallest absolute Gasteiger partial charge is 0.276 e. The number of fused-ring (bicyclic) bond motifs is 1. The van der Waals surface area contributed by atoms with Gasteiger partial charge < -0.3 is 19.5 Å². The summed E-state index contributed by atoms with van der Waals surface area (Å²) in [6.45, 7) is 2.86. The molecular weight excluding hydrogens is 338 g/mol. The molecule has 3 heterocycles. The van der Waals surface area contributed by atoms with Gasteiger partial charge in [0.05, 0.1) is 5.69 Å². The molecule has 0 saturated carbocycles. The lowest BCUT2D eigenvalue weighted by molar-refractivity contribution is 0.102. The minimum Gasteiger partial charge on any atom is -0.372 e. The van der Waals surface area contributed by atoms with E-state index in [-0.39, 0.29) is 5.91 Å². The third-order valence-electron chi connectivity index (χ3n) is 4.91. The van der Waals surface area contributed by atoms with Gasteiger partial charge in [-0.3, -0.25) is 4.79 Å². The van der Waals surface area contributed by atoms with Gasteiger partial charge in [-0.2, -0.15) is 0 Å². The predicted molar refractivity (Wildman–Crippen MR) is 108 cm³/mol. The standard InChI is InChI=1S/C21H25N5O/c1-24(2)15-18-20(23-19-7-3-4-14-26(18)19)21(27)22-16-8-10-17(11-9-16)25-12-5-6-13-25/h3-4,7-11,14H,5-6,12-13,15H2,1-2H3,(H,22,27). The van der Waals surface area contributed by atoms with E-state index in [9.17, 15) is 4.79 Å². The Hall–Kier alpha value is -2.86. The summed E-state index contributed by atoms with van der Waals surface area (Å²) >= 11 is 0. The molecule has 1 aliphatic heterocycles. The van der Waals surface area contributed by atoms with Crippen molar-refractivity contribution < 1.29 is 4.79 Å². The number of pyridine rings is 1. The van der Waals surface area contributed by atoms with Gasteiger partial charge in [0.1, 0.15) is 5.65 Å². The second kappa shape index (κ2) is 7.40. The van der Waals surface area contributed by atoms with Crippen molar-refractivity contribution >= 4 is 22.9 Å². The summed E-state index contributed by atoms with van der Waals surface area (Å²) in [6.07, 6.45) is 4.45. The molecule has 1 aromatic carbocycles. The van der Waals surface area contributed by atoms with Crippen molar-refractivity contribution in [2.45, 2.75) is 19.4 Å². The fourth-order valence-electron chi connectivity index (χ4n) is 3.60.